The third-order valence-corrected chi connectivity index (χ3v) is 3.53. The summed E-state index contributed by atoms with van der Waals surface area (Å²) in [6.45, 7) is 2.25. The first kappa shape index (κ1) is 22.5. The zero-order valence-electron chi connectivity index (χ0n) is 14.6. The molecule has 0 saturated carbocycles. The molecule has 1 rings (SSSR count). The molecule has 12 heteroatoms. The maximum absolute atomic E-state index is 11.3. The Morgan fingerprint density at radius 1 is 1.19 bits per heavy atom. The van der Waals surface area contributed by atoms with E-state index in [2.05, 4.69) is 15.3 Å². The van der Waals surface area contributed by atoms with Crippen LogP contribution in [0.5, 0.6) is 0 Å². The molecule has 5 atom stereocenters. The highest BCUT2D eigenvalue weighted by molar-refractivity contribution is 5.73. The van der Waals surface area contributed by atoms with Gasteiger partial charge in [0.1, 0.15) is 24.4 Å². The molecule has 26 heavy (non-hydrogen) atoms. The van der Waals surface area contributed by atoms with E-state index in [-0.39, 0.29) is 19.8 Å². The predicted molar refractivity (Wildman–Crippen MR) is 87.0 cm³/mol. The number of carbonyl (C=O) groups excluding carboxylic acids is 1. The van der Waals surface area contributed by atoms with E-state index in [1.54, 1.807) is 0 Å². The SMILES string of the molecule is CC(=O)N[C@H]1C(O)[C@H](O)C(CO)O[C@H]1OCCOCCOCCN=[N+]=[N-]. The Kier molecular flexibility index (Phi) is 11.1. The first-order valence-electron chi connectivity index (χ1n) is 8.18. The quantitative estimate of drug-likeness (QED) is 0.134. The van der Waals surface area contributed by atoms with Crippen molar-refractivity contribution in [1.82, 2.24) is 5.32 Å². The van der Waals surface area contributed by atoms with Crippen LogP contribution < -0.4 is 5.32 Å². The minimum atomic E-state index is -1.35. The topological polar surface area (TPSA) is 175 Å². The molecule has 1 amide bonds. The lowest BCUT2D eigenvalue weighted by molar-refractivity contribution is -0.272. The molecule has 1 aliphatic rings. The zero-order chi connectivity index (χ0) is 19.4. The summed E-state index contributed by atoms with van der Waals surface area (Å²) < 4.78 is 21.3. The van der Waals surface area contributed by atoms with Gasteiger partial charge in [-0.1, -0.05) is 5.11 Å². The number of nitrogens with zero attached hydrogens (tertiary/aromatic N) is 3. The monoisotopic (exact) mass is 378 g/mol. The molecule has 0 radical (unpaired) electrons. The molecule has 150 valence electrons. The van der Waals surface area contributed by atoms with Crippen LogP contribution in [0.1, 0.15) is 6.92 Å². The van der Waals surface area contributed by atoms with Crippen molar-refractivity contribution < 1.29 is 39.1 Å². The van der Waals surface area contributed by atoms with Gasteiger partial charge in [-0.25, -0.2) is 0 Å². The second kappa shape index (κ2) is 12.8. The van der Waals surface area contributed by atoms with Crippen LogP contribution in [0, 0.1) is 0 Å². The lowest BCUT2D eigenvalue weighted by atomic mass is 9.97. The average Bonchev–Trinajstić information content (AvgIpc) is 2.62. The van der Waals surface area contributed by atoms with E-state index in [0.29, 0.717) is 19.8 Å². The molecule has 1 heterocycles. The summed E-state index contributed by atoms with van der Waals surface area (Å²) in [5.41, 5.74) is 8.09. The van der Waals surface area contributed by atoms with Gasteiger partial charge < -0.3 is 39.6 Å². The summed E-state index contributed by atoms with van der Waals surface area (Å²) in [5.74, 6) is -0.421. The highest BCUT2D eigenvalue weighted by Crippen LogP contribution is 2.22. The van der Waals surface area contributed by atoms with E-state index in [4.69, 9.17) is 24.5 Å². The number of amides is 1. The maximum atomic E-state index is 11.3. The van der Waals surface area contributed by atoms with Crippen LogP contribution in [-0.2, 0) is 23.7 Å². The molecule has 0 bridgehead atoms. The van der Waals surface area contributed by atoms with Gasteiger partial charge in [-0.15, -0.1) is 0 Å². The average molecular weight is 378 g/mol. The highest BCUT2D eigenvalue weighted by Gasteiger charge is 2.45. The van der Waals surface area contributed by atoms with Crippen LogP contribution in [0.25, 0.3) is 10.4 Å². The zero-order valence-corrected chi connectivity index (χ0v) is 14.6. The first-order valence-corrected chi connectivity index (χ1v) is 8.18. The molecule has 1 aliphatic heterocycles. The van der Waals surface area contributed by atoms with E-state index in [1.165, 1.54) is 6.92 Å². The fourth-order valence-corrected chi connectivity index (χ4v) is 2.31. The summed E-state index contributed by atoms with van der Waals surface area (Å²) in [5, 5.41) is 35.0. The molecule has 2 unspecified atom stereocenters. The third-order valence-electron chi connectivity index (χ3n) is 3.53. The second-order valence-corrected chi connectivity index (χ2v) is 5.48. The van der Waals surface area contributed by atoms with Crippen molar-refractivity contribution in [2.45, 2.75) is 37.6 Å². The number of aliphatic hydroxyl groups is 3. The van der Waals surface area contributed by atoms with E-state index in [9.17, 15) is 20.1 Å². The molecule has 1 fully saturated rings. The lowest BCUT2D eigenvalue weighted by Gasteiger charge is -2.42. The Morgan fingerprint density at radius 2 is 1.85 bits per heavy atom. The smallest absolute Gasteiger partial charge is 0.217 e. The van der Waals surface area contributed by atoms with E-state index in [1.807, 2.05) is 0 Å². The van der Waals surface area contributed by atoms with Gasteiger partial charge in [0.15, 0.2) is 6.29 Å². The van der Waals surface area contributed by atoms with Gasteiger partial charge in [0.2, 0.25) is 5.91 Å². The Balaban J connectivity index is 2.30. The number of ether oxygens (including phenoxy) is 4. The van der Waals surface area contributed by atoms with Gasteiger partial charge in [-0.3, -0.25) is 4.79 Å². The molecular weight excluding hydrogens is 352 g/mol. The van der Waals surface area contributed by atoms with Crippen LogP contribution in [0.4, 0.5) is 0 Å². The standard InChI is InChI=1S/C14H26N4O8/c1-9(20)17-11-13(22)12(21)10(8-19)26-14(11)25-7-6-24-5-4-23-3-2-16-18-15/h10-14,19,21-22H,2-8H2,1H3,(H,17,20)/t10?,11-,12+,13?,14+/m0/s1. The fourth-order valence-electron chi connectivity index (χ4n) is 2.31. The molecule has 0 aromatic rings. The summed E-state index contributed by atoms with van der Waals surface area (Å²) in [6.07, 6.45) is -4.76. The van der Waals surface area contributed by atoms with Crippen LogP contribution in [0.3, 0.4) is 0 Å². The molecular formula is C14H26N4O8. The lowest BCUT2D eigenvalue weighted by Crippen LogP contribution is -2.64. The fraction of sp³-hybridized carbons (Fsp3) is 0.929. The van der Waals surface area contributed by atoms with Crippen LogP contribution >= 0.6 is 0 Å². The summed E-state index contributed by atoms with van der Waals surface area (Å²) in [4.78, 5) is 13.9. The largest absolute Gasteiger partial charge is 0.394 e. The number of aliphatic hydroxyl groups excluding tert-OH is 3. The first-order chi connectivity index (χ1) is 12.5. The van der Waals surface area contributed by atoms with E-state index < -0.39 is 43.2 Å². The van der Waals surface area contributed by atoms with Gasteiger partial charge in [0.05, 0.1) is 39.6 Å². The number of nitrogens with one attached hydrogen (secondary N) is 1. The Bertz CT molecular complexity index is 462. The third kappa shape index (κ3) is 7.81. The van der Waals surface area contributed by atoms with Crippen LogP contribution in [0.15, 0.2) is 5.11 Å². The van der Waals surface area contributed by atoms with Crippen molar-refractivity contribution in [3.05, 3.63) is 10.4 Å². The molecule has 4 N–H and O–H groups in total. The van der Waals surface area contributed by atoms with Gasteiger partial charge >= 0.3 is 0 Å². The predicted octanol–water partition coefficient (Wildman–Crippen LogP) is -1.71. The molecule has 0 aliphatic carbocycles. The maximum Gasteiger partial charge on any atom is 0.217 e. The van der Waals surface area contributed by atoms with Gasteiger partial charge in [0, 0.05) is 18.4 Å². The van der Waals surface area contributed by atoms with Crippen molar-refractivity contribution in [1.29, 1.82) is 0 Å². The van der Waals surface area contributed by atoms with Crippen molar-refractivity contribution in [3.63, 3.8) is 0 Å². The number of hydrogen-bond acceptors (Lipinski definition) is 9. The van der Waals surface area contributed by atoms with E-state index in [0.717, 1.165) is 0 Å². The molecule has 0 aromatic heterocycles. The minimum absolute atomic E-state index is 0.0977. The van der Waals surface area contributed by atoms with E-state index >= 15 is 0 Å². The number of rotatable bonds is 12. The molecule has 12 nitrogen and oxygen atoms in total. The van der Waals surface area contributed by atoms with Crippen molar-refractivity contribution in [2.75, 3.05) is 46.2 Å². The number of hydrogen-bond donors (Lipinski definition) is 4. The van der Waals surface area contributed by atoms with Crippen LogP contribution in [0.2, 0.25) is 0 Å². The van der Waals surface area contributed by atoms with Gasteiger partial charge in [0.25, 0.3) is 0 Å². The Labute approximate surface area is 150 Å². The van der Waals surface area contributed by atoms with Crippen molar-refractivity contribution >= 4 is 5.91 Å². The summed E-state index contributed by atoms with van der Waals surface area (Å²) in [6, 6.07) is -0.977. The van der Waals surface area contributed by atoms with Gasteiger partial charge in [-0.2, -0.15) is 0 Å². The van der Waals surface area contributed by atoms with Gasteiger partial charge in [-0.05, 0) is 5.53 Å². The normalized spacial score (nSPS) is 28.4. The molecule has 1 saturated heterocycles. The summed E-state index contributed by atoms with van der Waals surface area (Å²) >= 11 is 0. The van der Waals surface area contributed by atoms with Crippen molar-refractivity contribution in [2.24, 2.45) is 5.11 Å². The van der Waals surface area contributed by atoms with Crippen molar-refractivity contribution in [3.8, 4) is 0 Å². The number of carbonyl (C=O) groups is 1. The second-order valence-electron chi connectivity index (χ2n) is 5.48. The number of azide groups is 1. The highest BCUT2D eigenvalue weighted by atomic mass is 16.7. The summed E-state index contributed by atoms with van der Waals surface area (Å²) in [7, 11) is 0. The Morgan fingerprint density at radius 3 is 2.46 bits per heavy atom. The molecule has 0 aromatic carbocycles. The van der Waals surface area contributed by atoms with Crippen LogP contribution in [-0.4, -0.2) is 98.1 Å². The minimum Gasteiger partial charge on any atom is -0.394 e. The molecule has 0 spiro atoms. The Hall–Kier alpha value is -1.50.